The molecule has 0 fully saturated rings. The Morgan fingerprint density at radius 2 is 1.92 bits per heavy atom. The normalized spacial score (nSPS) is 10.7. The van der Waals surface area contributed by atoms with Crippen molar-refractivity contribution in [1.29, 1.82) is 0 Å². The fourth-order valence-corrected chi connectivity index (χ4v) is 2.49. The summed E-state index contributed by atoms with van der Waals surface area (Å²) in [5, 5.41) is 13.0. The van der Waals surface area contributed by atoms with E-state index in [4.69, 9.17) is 14.4 Å². The highest BCUT2D eigenvalue weighted by Gasteiger charge is 2.12. The molecule has 134 valence electrons. The molecule has 0 radical (unpaired) electrons. The molecule has 0 aliphatic rings. The van der Waals surface area contributed by atoms with Crippen molar-refractivity contribution in [3.63, 3.8) is 0 Å². The van der Waals surface area contributed by atoms with Gasteiger partial charge in [0, 0.05) is 11.1 Å². The number of benzene rings is 2. The van der Waals surface area contributed by atoms with Crippen molar-refractivity contribution in [2.24, 2.45) is 0 Å². The highest BCUT2D eigenvalue weighted by molar-refractivity contribution is 5.89. The Hall–Kier alpha value is -3.15. The van der Waals surface area contributed by atoms with Gasteiger partial charge in [0.15, 0.2) is 0 Å². The molecule has 6 nitrogen and oxygen atoms in total. The lowest BCUT2D eigenvalue weighted by Crippen LogP contribution is -1.96. The molecule has 1 heterocycles. The van der Waals surface area contributed by atoms with Crippen molar-refractivity contribution < 1.29 is 19.2 Å². The minimum absolute atomic E-state index is 0.179. The monoisotopic (exact) mass is 352 g/mol. The maximum absolute atomic E-state index is 11.1. The van der Waals surface area contributed by atoms with Gasteiger partial charge in [-0.3, -0.25) is 0 Å². The second kappa shape index (κ2) is 8.29. The first-order chi connectivity index (χ1) is 12.7. The Balaban J connectivity index is 1.71. The topological polar surface area (TPSA) is 85.5 Å². The number of aromatic carboxylic acids is 1. The van der Waals surface area contributed by atoms with Gasteiger partial charge < -0.3 is 14.4 Å². The van der Waals surface area contributed by atoms with Crippen LogP contribution in [0, 0.1) is 0 Å². The second-order valence-electron chi connectivity index (χ2n) is 5.89. The number of unbranched alkanes of at least 4 members (excludes halogenated alkanes) is 2. The molecule has 0 bridgehead atoms. The van der Waals surface area contributed by atoms with Crippen LogP contribution in [0.25, 0.3) is 22.8 Å². The SMILES string of the molecule is CCCCCOc1ccc(-c2nc(-c3cccc(C(=O)O)c3)no2)cc1. The largest absolute Gasteiger partial charge is 0.494 e. The van der Waals surface area contributed by atoms with Gasteiger partial charge in [0.1, 0.15) is 5.75 Å². The lowest BCUT2D eigenvalue weighted by Gasteiger charge is -2.05. The van der Waals surface area contributed by atoms with E-state index in [0.29, 0.717) is 23.9 Å². The molecule has 0 aliphatic heterocycles. The standard InChI is InChI=1S/C20H20N2O4/c1-2-3-4-12-25-17-10-8-14(9-11-17)19-21-18(22-26-19)15-6-5-7-16(13-15)20(23)24/h5-11,13H,2-4,12H2,1H3,(H,23,24). The molecule has 26 heavy (non-hydrogen) atoms. The highest BCUT2D eigenvalue weighted by Crippen LogP contribution is 2.24. The molecule has 0 saturated heterocycles. The first kappa shape index (κ1) is 17.7. The Morgan fingerprint density at radius 3 is 2.65 bits per heavy atom. The summed E-state index contributed by atoms with van der Waals surface area (Å²) in [7, 11) is 0. The molecule has 3 aromatic rings. The zero-order valence-corrected chi connectivity index (χ0v) is 14.5. The van der Waals surface area contributed by atoms with E-state index in [0.717, 1.165) is 30.6 Å². The second-order valence-corrected chi connectivity index (χ2v) is 5.89. The predicted octanol–water partition coefficient (Wildman–Crippen LogP) is 4.67. The van der Waals surface area contributed by atoms with Crippen LogP contribution in [-0.4, -0.2) is 27.8 Å². The zero-order chi connectivity index (χ0) is 18.4. The van der Waals surface area contributed by atoms with Crippen molar-refractivity contribution in [3.05, 3.63) is 54.1 Å². The van der Waals surface area contributed by atoms with Crippen LogP contribution < -0.4 is 4.74 Å². The van der Waals surface area contributed by atoms with Crippen molar-refractivity contribution in [2.75, 3.05) is 6.61 Å². The number of nitrogens with zero attached hydrogens (tertiary/aromatic N) is 2. The van der Waals surface area contributed by atoms with Crippen LogP contribution in [0.2, 0.25) is 0 Å². The first-order valence-corrected chi connectivity index (χ1v) is 8.58. The molecule has 1 aromatic heterocycles. The molecule has 1 N–H and O–H groups in total. The molecule has 0 aliphatic carbocycles. The van der Waals surface area contributed by atoms with E-state index in [1.54, 1.807) is 12.1 Å². The first-order valence-electron chi connectivity index (χ1n) is 8.58. The summed E-state index contributed by atoms with van der Waals surface area (Å²) < 4.78 is 11.0. The molecule has 0 amide bonds. The summed E-state index contributed by atoms with van der Waals surface area (Å²) in [5.41, 5.74) is 1.55. The van der Waals surface area contributed by atoms with Gasteiger partial charge in [-0.25, -0.2) is 4.79 Å². The molecule has 3 rings (SSSR count). The third kappa shape index (κ3) is 4.27. The van der Waals surface area contributed by atoms with E-state index in [2.05, 4.69) is 17.1 Å². The average molecular weight is 352 g/mol. The zero-order valence-electron chi connectivity index (χ0n) is 14.5. The number of hydrogen-bond donors (Lipinski definition) is 1. The lowest BCUT2D eigenvalue weighted by atomic mass is 10.1. The number of aromatic nitrogens is 2. The number of rotatable bonds is 8. The summed E-state index contributed by atoms with van der Waals surface area (Å²) in [6.45, 7) is 2.86. The third-order valence-electron chi connectivity index (χ3n) is 3.91. The van der Waals surface area contributed by atoms with Gasteiger partial charge in [0.2, 0.25) is 5.82 Å². The Kier molecular flexibility index (Phi) is 5.63. The molecular weight excluding hydrogens is 332 g/mol. The molecular formula is C20H20N2O4. The maximum atomic E-state index is 11.1. The van der Waals surface area contributed by atoms with Crippen LogP contribution in [0.4, 0.5) is 0 Å². The molecule has 2 aromatic carbocycles. The summed E-state index contributed by atoms with van der Waals surface area (Å²) in [4.78, 5) is 15.4. The average Bonchev–Trinajstić information content (AvgIpc) is 3.16. The van der Waals surface area contributed by atoms with Crippen molar-refractivity contribution in [1.82, 2.24) is 10.1 Å². The van der Waals surface area contributed by atoms with E-state index in [-0.39, 0.29) is 5.56 Å². The van der Waals surface area contributed by atoms with Gasteiger partial charge in [0.25, 0.3) is 5.89 Å². The predicted molar refractivity (Wildman–Crippen MR) is 97.1 cm³/mol. The molecule has 0 atom stereocenters. The number of ether oxygens (including phenoxy) is 1. The van der Waals surface area contributed by atoms with Gasteiger partial charge in [-0.05, 0) is 42.8 Å². The van der Waals surface area contributed by atoms with Crippen molar-refractivity contribution >= 4 is 5.97 Å². The molecule has 0 spiro atoms. The van der Waals surface area contributed by atoms with Gasteiger partial charge in [-0.1, -0.05) is 37.1 Å². The fraction of sp³-hybridized carbons (Fsp3) is 0.250. The van der Waals surface area contributed by atoms with Crippen LogP contribution in [0.5, 0.6) is 5.75 Å². The highest BCUT2D eigenvalue weighted by atomic mass is 16.5. The fourth-order valence-electron chi connectivity index (χ4n) is 2.49. The molecule has 6 heteroatoms. The van der Waals surface area contributed by atoms with E-state index in [1.165, 1.54) is 12.1 Å². The third-order valence-corrected chi connectivity index (χ3v) is 3.91. The Labute approximate surface area is 151 Å². The van der Waals surface area contributed by atoms with Crippen LogP contribution in [0.1, 0.15) is 36.5 Å². The molecule has 0 unspecified atom stereocenters. The Bertz CT molecular complexity index is 872. The molecule has 0 saturated carbocycles. The minimum atomic E-state index is -0.995. The van der Waals surface area contributed by atoms with Crippen LogP contribution >= 0.6 is 0 Å². The van der Waals surface area contributed by atoms with E-state index < -0.39 is 5.97 Å². The van der Waals surface area contributed by atoms with E-state index in [1.807, 2.05) is 24.3 Å². The number of carboxylic acids is 1. The van der Waals surface area contributed by atoms with Crippen molar-refractivity contribution in [2.45, 2.75) is 26.2 Å². The van der Waals surface area contributed by atoms with Crippen LogP contribution in [-0.2, 0) is 0 Å². The number of carboxylic acid groups (broad SMARTS) is 1. The summed E-state index contributed by atoms with van der Waals surface area (Å²) in [6, 6.07) is 13.9. The van der Waals surface area contributed by atoms with Crippen LogP contribution in [0.15, 0.2) is 53.1 Å². The Morgan fingerprint density at radius 1 is 1.12 bits per heavy atom. The summed E-state index contributed by atoms with van der Waals surface area (Å²) in [6.07, 6.45) is 3.36. The van der Waals surface area contributed by atoms with E-state index >= 15 is 0 Å². The van der Waals surface area contributed by atoms with Gasteiger partial charge in [0.05, 0.1) is 12.2 Å². The maximum Gasteiger partial charge on any atom is 0.335 e. The minimum Gasteiger partial charge on any atom is -0.494 e. The summed E-state index contributed by atoms with van der Waals surface area (Å²) >= 11 is 0. The van der Waals surface area contributed by atoms with Crippen LogP contribution in [0.3, 0.4) is 0 Å². The lowest BCUT2D eigenvalue weighted by molar-refractivity contribution is 0.0697. The quantitative estimate of drug-likeness (QED) is 0.593. The number of carbonyl (C=O) groups is 1. The summed E-state index contributed by atoms with van der Waals surface area (Å²) in [5.74, 6) is 0.532. The van der Waals surface area contributed by atoms with Gasteiger partial charge >= 0.3 is 5.97 Å². The van der Waals surface area contributed by atoms with Gasteiger partial charge in [-0.15, -0.1) is 0 Å². The smallest absolute Gasteiger partial charge is 0.335 e. The van der Waals surface area contributed by atoms with Gasteiger partial charge in [-0.2, -0.15) is 4.98 Å². The van der Waals surface area contributed by atoms with Crippen molar-refractivity contribution in [3.8, 4) is 28.6 Å². The number of hydrogen-bond acceptors (Lipinski definition) is 5. The van der Waals surface area contributed by atoms with E-state index in [9.17, 15) is 4.79 Å².